The number of carboxylic acid groups (broad SMARTS) is 1. The van der Waals surface area contributed by atoms with Crippen LogP contribution in [0.3, 0.4) is 0 Å². The fraction of sp³-hybridized carbons (Fsp3) is 0.397. The van der Waals surface area contributed by atoms with Gasteiger partial charge in [-0.2, -0.15) is 0 Å². The number of fused-ring (bicyclic) bond motifs is 6. The van der Waals surface area contributed by atoms with E-state index in [0.717, 1.165) is 65.5 Å². The Hall–Kier alpha value is -6.18. The van der Waals surface area contributed by atoms with Crippen LogP contribution in [0.25, 0.3) is 11.4 Å². The number of aromatic nitrogens is 6. The predicted octanol–water partition coefficient (Wildman–Crippen LogP) is 15.3. The fourth-order valence-electron chi connectivity index (χ4n) is 7.64. The number of halogens is 7. The van der Waals surface area contributed by atoms with E-state index in [-0.39, 0.29) is 25.0 Å². The van der Waals surface area contributed by atoms with E-state index in [1.807, 2.05) is 71.5 Å². The predicted molar refractivity (Wildman–Crippen MR) is 335 cm³/mol. The molecule has 0 amide bonds. The number of aliphatic carboxylic acids is 1. The first-order chi connectivity index (χ1) is 40.2. The Bertz CT molecular complexity index is 3360. The van der Waals surface area contributed by atoms with Crippen molar-refractivity contribution in [3.8, 4) is 11.4 Å². The summed E-state index contributed by atoms with van der Waals surface area (Å²) in [5.74, 6) is 0.0164. The Morgan fingerprint density at radius 3 is 1.34 bits per heavy atom. The van der Waals surface area contributed by atoms with Crippen molar-refractivity contribution in [2.45, 2.75) is 131 Å². The largest absolute Gasteiger partial charge is 0.511 e. The van der Waals surface area contributed by atoms with Gasteiger partial charge in [-0.3, -0.25) is 38.7 Å². The second kappa shape index (κ2) is 33.2. The number of aryl methyl sites for hydroxylation is 2. The number of carboxylic acids is 1. The van der Waals surface area contributed by atoms with Crippen molar-refractivity contribution in [2.24, 2.45) is 9.98 Å². The summed E-state index contributed by atoms with van der Waals surface area (Å²) in [6.45, 7) is 19.0. The monoisotopic (exact) mass is 1410 g/mol. The number of esters is 1. The maximum absolute atomic E-state index is 12.5. The number of benzene rings is 2. The Morgan fingerprint density at radius 1 is 0.605 bits per heavy atom. The quantitative estimate of drug-likeness (QED) is 0.0379. The van der Waals surface area contributed by atoms with Crippen LogP contribution in [0.15, 0.2) is 105 Å². The van der Waals surface area contributed by atoms with Crippen molar-refractivity contribution in [2.75, 3.05) is 18.9 Å². The fourth-order valence-corrected chi connectivity index (χ4v) is 8.93. The van der Waals surface area contributed by atoms with Crippen LogP contribution < -0.4 is 0 Å². The van der Waals surface area contributed by atoms with E-state index in [9.17, 15) is 29.1 Å². The highest BCUT2D eigenvalue weighted by Gasteiger charge is 2.31. The summed E-state index contributed by atoms with van der Waals surface area (Å²) >= 11 is 34.6. The van der Waals surface area contributed by atoms with Crippen molar-refractivity contribution < 1.29 is 62.6 Å². The molecule has 0 spiro atoms. The first-order valence-corrected chi connectivity index (χ1v) is 29.8. The van der Waals surface area contributed by atoms with Crippen LogP contribution in [0.4, 0.5) is 14.4 Å². The van der Waals surface area contributed by atoms with Crippen molar-refractivity contribution in [1.82, 2.24) is 29.1 Å². The lowest BCUT2D eigenvalue weighted by molar-refractivity contribution is -0.154. The minimum absolute atomic E-state index is 0.00446. The number of hydrogen-bond acceptors (Lipinski definition) is 18. The lowest BCUT2D eigenvalue weighted by Crippen LogP contribution is -2.25. The van der Waals surface area contributed by atoms with E-state index in [2.05, 4.69) is 72.9 Å². The molecule has 28 heteroatoms. The van der Waals surface area contributed by atoms with Crippen LogP contribution in [0, 0.1) is 13.8 Å². The summed E-state index contributed by atoms with van der Waals surface area (Å²) < 4.78 is 33.5. The topological polar surface area (TPSA) is 267 Å². The molecule has 86 heavy (non-hydrogen) atoms. The van der Waals surface area contributed by atoms with Gasteiger partial charge in [0.1, 0.15) is 34.9 Å². The molecule has 0 unspecified atom stereocenters. The Balaban J connectivity index is 0.000000281. The van der Waals surface area contributed by atoms with Crippen LogP contribution in [0.1, 0.15) is 145 Å². The van der Waals surface area contributed by atoms with Gasteiger partial charge in [0.2, 0.25) is 6.79 Å². The number of rotatable bonds is 12. The first kappa shape index (κ1) is 72.3. The molecule has 2 atom stereocenters. The molecule has 0 saturated carbocycles. The van der Waals surface area contributed by atoms with Crippen LogP contribution in [-0.4, -0.2) is 116 Å². The zero-order valence-corrected chi connectivity index (χ0v) is 55.7. The van der Waals surface area contributed by atoms with E-state index < -0.39 is 65.4 Å². The number of imidazole rings is 2. The number of nitrogens with zero attached hydrogens (tertiary/aromatic N) is 8. The zero-order valence-electron chi connectivity index (χ0n) is 48.8. The molecular formula is C58H65Br2Cl5N8O13. The third-order valence-corrected chi connectivity index (χ3v) is 13.6. The second-order valence-electron chi connectivity index (χ2n) is 21.3. The van der Waals surface area contributed by atoms with Crippen molar-refractivity contribution in [3.63, 3.8) is 0 Å². The third-order valence-electron chi connectivity index (χ3n) is 10.8. The molecule has 8 rings (SSSR count). The number of pyridine rings is 2. The molecule has 0 aliphatic carbocycles. The summed E-state index contributed by atoms with van der Waals surface area (Å²) in [7, 11) is 0. The molecule has 2 aliphatic rings. The Morgan fingerprint density at radius 2 is 0.988 bits per heavy atom. The van der Waals surface area contributed by atoms with Gasteiger partial charge in [-0.1, -0.05) is 46.4 Å². The van der Waals surface area contributed by atoms with Gasteiger partial charge in [-0.25, -0.2) is 24.4 Å². The molecule has 6 aromatic rings. The van der Waals surface area contributed by atoms with Crippen molar-refractivity contribution in [1.29, 1.82) is 0 Å². The molecule has 21 nitrogen and oxygen atoms in total. The Kier molecular flexibility index (Phi) is 27.9. The molecule has 464 valence electrons. The SMILES string of the molecule is CC(C)(C)O.CC(C)(C)OC(=O)OCCl.Cc1cnc2n1-c1cc(Br)c(Cl)cc1C(c1ccncc1)=N[C@H]2CCC(=O)O.Cc1cnc2n1-c1cc(Br)c(Cl)cc1C(c1ccncc1)=N[C@H]2CCC(=O)OCOC(=O)OC(C)(C)C.O=C(Cl)OCCl. The van der Waals surface area contributed by atoms with Crippen LogP contribution in [0.5, 0.6) is 0 Å². The average Bonchev–Trinajstić information content (AvgIpc) is 2.19. The standard InChI is InChI=1S/C26H26BrClN4O5.C20H16BrClN4O2.C6H11ClO3.C4H10O.C2H2Cl2O2/c1-15-13-30-24-20(5-6-22(33)35-14-36-25(34)37-26(2,3)4)31-23(16-7-9-29-10-8-16)17-11-19(28)18(27)12-21(17)32(15)24;1-11-10-24-20-16(2-3-18(27)28)25-19(12-4-6-23-7-5-12)13-8-15(22)14(21)9-17(13)26(11)20;1-6(2,3)10-5(8)9-4-7;1-4(2,3)5;3-1-6-2(4)5/h7-13,20H,5-6,14H2,1-4H3;4-10,16H,2-3H2,1H3,(H,27,28);4H2,1-3H3;5H,1-3H3;1H2/t20-;16-;;;/m00.../s1. The highest BCUT2D eigenvalue weighted by atomic mass is 79.9. The number of carbonyl (C=O) groups is 5. The highest BCUT2D eigenvalue weighted by Crippen LogP contribution is 2.39. The first-order valence-electron chi connectivity index (χ1n) is 26.0. The molecule has 2 aliphatic heterocycles. The van der Waals surface area contributed by atoms with Gasteiger partial charge in [0, 0.05) is 104 Å². The van der Waals surface area contributed by atoms with Gasteiger partial charge in [0.15, 0.2) is 12.1 Å². The zero-order chi connectivity index (χ0) is 64.3. The summed E-state index contributed by atoms with van der Waals surface area (Å²) in [5, 5.41) is 18.8. The molecule has 0 fully saturated rings. The number of ether oxygens (including phenoxy) is 6. The average molecular weight is 1420 g/mol. The number of aliphatic hydroxyl groups is 1. The summed E-state index contributed by atoms with van der Waals surface area (Å²) in [5.41, 5.74) is 5.92. The molecular weight excluding hydrogens is 1350 g/mol. The van der Waals surface area contributed by atoms with E-state index in [4.69, 9.17) is 80.4 Å². The van der Waals surface area contributed by atoms with Gasteiger partial charge >= 0.3 is 29.7 Å². The van der Waals surface area contributed by atoms with E-state index >= 15 is 0 Å². The van der Waals surface area contributed by atoms with Crippen LogP contribution in [0.2, 0.25) is 10.0 Å². The maximum Gasteiger partial charge on any atom is 0.511 e. The van der Waals surface area contributed by atoms with Gasteiger partial charge in [-0.15, -0.1) is 0 Å². The molecule has 4 aromatic heterocycles. The normalized spacial score (nSPS) is 13.8. The van der Waals surface area contributed by atoms with Gasteiger partial charge in [0.05, 0.1) is 38.4 Å². The van der Waals surface area contributed by atoms with Gasteiger partial charge in [0.25, 0.3) is 0 Å². The highest BCUT2D eigenvalue weighted by molar-refractivity contribution is 9.10. The van der Waals surface area contributed by atoms with Crippen molar-refractivity contribution in [3.05, 3.63) is 150 Å². The minimum atomic E-state index is -0.907. The summed E-state index contributed by atoms with van der Waals surface area (Å²) in [4.78, 5) is 82.8. The summed E-state index contributed by atoms with van der Waals surface area (Å²) in [6.07, 6.45) is 9.43. The van der Waals surface area contributed by atoms with Crippen molar-refractivity contribution >= 4 is 131 Å². The summed E-state index contributed by atoms with van der Waals surface area (Å²) in [6, 6.07) is 14.0. The Labute approximate surface area is 540 Å². The lowest BCUT2D eigenvalue weighted by atomic mass is 10.0. The molecule has 2 aromatic carbocycles. The van der Waals surface area contributed by atoms with E-state index in [0.29, 0.717) is 34.4 Å². The lowest BCUT2D eigenvalue weighted by Gasteiger charge is -2.18. The molecule has 0 radical (unpaired) electrons. The van der Waals surface area contributed by atoms with Crippen LogP contribution in [-0.2, 0) is 38.0 Å². The van der Waals surface area contributed by atoms with Gasteiger partial charge in [-0.05, 0) is 169 Å². The third kappa shape index (κ3) is 23.5. The molecule has 2 N–H and O–H groups in total. The molecule has 6 heterocycles. The maximum atomic E-state index is 12.5. The number of carbonyl (C=O) groups excluding carboxylic acids is 4. The molecule has 0 saturated heterocycles. The van der Waals surface area contributed by atoms with Crippen LogP contribution >= 0.6 is 89.9 Å². The molecule has 0 bridgehead atoms. The number of aliphatic imine (C=N–C) groups is 2. The van der Waals surface area contributed by atoms with Gasteiger partial charge < -0.3 is 38.6 Å². The second-order valence-corrected chi connectivity index (χ2v) is 24.6. The number of alkyl halides is 2. The van der Waals surface area contributed by atoms with E-state index in [1.54, 1.807) is 99.5 Å². The van der Waals surface area contributed by atoms with E-state index in [1.165, 1.54) is 0 Å². The minimum Gasteiger partial charge on any atom is -0.481 e. The smallest absolute Gasteiger partial charge is 0.481 e. The number of hydrogen-bond donors (Lipinski definition) is 2.